The Kier molecular flexibility index (Phi) is 5.93. The van der Waals surface area contributed by atoms with Gasteiger partial charge in [-0.3, -0.25) is 0 Å². The Balaban J connectivity index is 0.00000113. The third kappa shape index (κ3) is 3.54. The van der Waals surface area contributed by atoms with Crippen LogP contribution < -0.4 is 27.7 Å². The summed E-state index contributed by atoms with van der Waals surface area (Å²) in [6.45, 7) is 0. The number of nitrogens with zero attached hydrogens (tertiary/aromatic N) is 4. The van der Waals surface area contributed by atoms with Crippen molar-refractivity contribution in [2.75, 3.05) is 15.2 Å². The average Bonchev–Trinajstić information content (AvgIpc) is 3.09. The molecular weight excluding hydrogens is 336 g/mol. The number of rotatable bonds is 3. The summed E-state index contributed by atoms with van der Waals surface area (Å²) in [6.07, 6.45) is 3.08. The van der Waals surface area contributed by atoms with Gasteiger partial charge in [-0.15, -0.1) is 10.2 Å². The van der Waals surface area contributed by atoms with Crippen LogP contribution in [-0.4, -0.2) is 11.8 Å². The first kappa shape index (κ1) is 18.2. The molecule has 0 spiro atoms. The fourth-order valence-electron chi connectivity index (χ4n) is 2.51. The van der Waals surface area contributed by atoms with Gasteiger partial charge in [0.1, 0.15) is 0 Å². The van der Waals surface area contributed by atoms with Crippen LogP contribution in [0, 0.1) is 0 Å². The minimum Gasteiger partial charge on any atom is -1.00 e. The molecule has 5 nitrogen and oxygen atoms in total. The summed E-state index contributed by atoms with van der Waals surface area (Å²) in [7, 11) is 0. The Hall–Kier alpha value is -3.11. The molecule has 4 rings (SSSR count). The van der Waals surface area contributed by atoms with E-state index in [2.05, 4.69) is 23.6 Å². The van der Waals surface area contributed by atoms with E-state index in [4.69, 9.17) is 0 Å². The first-order valence-electron chi connectivity index (χ1n) is 7.45. The lowest BCUT2D eigenvalue weighted by Crippen LogP contribution is -3.00. The van der Waals surface area contributed by atoms with Crippen molar-refractivity contribution in [2.45, 2.75) is 0 Å². The van der Waals surface area contributed by atoms with E-state index >= 15 is 0 Å². The summed E-state index contributed by atoms with van der Waals surface area (Å²) in [6, 6.07) is 30.3. The van der Waals surface area contributed by atoms with Crippen molar-refractivity contribution in [2.24, 2.45) is 5.10 Å². The van der Waals surface area contributed by atoms with E-state index in [0.29, 0.717) is 0 Å². The number of hydrogen-bond acceptors (Lipinski definition) is 4. The summed E-state index contributed by atoms with van der Waals surface area (Å²) in [4.78, 5) is 0. The van der Waals surface area contributed by atoms with E-state index in [1.54, 1.807) is 0 Å². The van der Waals surface area contributed by atoms with Crippen LogP contribution in [0.4, 0.5) is 17.1 Å². The van der Waals surface area contributed by atoms with Gasteiger partial charge in [-0.05, 0) is 41.4 Å². The van der Waals surface area contributed by atoms with Crippen LogP contribution in [0.2, 0.25) is 0 Å². The minimum atomic E-state index is 0. The molecule has 0 atom stereocenters. The van der Waals surface area contributed by atoms with Crippen LogP contribution in [0.15, 0.2) is 96.1 Å². The largest absolute Gasteiger partial charge is 1.00 e. The second-order valence-corrected chi connectivity index (χ2v) is 5.10. The van der Waals surface area contributed by atoms with Crippen LogP contribution in [0.25, 0.3) is 0 Å². The summed E-state index contributed by atoms with van der Waals surface area (Å²) in [5.74, 6) is 0. The maximum Gasteiger partial charge on any atom is 0.368 e. The zero-order valence-corrected chi connectivity index (χ0v) is 14.1. The van der Waals surface area contributed by atoms with Gasteiger partial charge in [0.25, 0.3) is 0 Å². The van der Waals surface area contributed by atoms with Crippen molar-refractivity contribution >= 4 is 23.4 Å². The van der Waals surface area contributed by atoms with E-state index in [1.807, 2.05) is 94.1 Å². The van der Waals surface area contributed by atoms with Gasteiger partial charge >= 0.3 is 6.34 Å². The fourth-order valence-corrected chi connectivity index (χ4v) is 2.51. The van der Waals surface area contributed by atoms with E-state index in [-0.39, 0.29) is 17.9 Å². The molecule has 126 valence electrons. The molecule has 0 aliphatic carbocycles. The van der Waals surface area contributed by atoms with Crippen molar-refractivity contribution in [3.63, 3.8) is 0 Å². The zero-order chi connectivity index (χ0) is 15.5. The van der Waals surface area contributed by atoms with Crippen LogP contribution >= 0.6 is 0 Å². The molecule has 3 aromatic carbocycles. The third-order valence-corrected chi connectivity index (χ3v) is 3.58. The van der Waals surface area contributed by atoms with Crippen molar-refractivity contribution in [3.05, 3.63) is 91.0 Å². The van der Waals surface area contributed by atoms with Crippen molar-refractivity contribution in [1.29, 1.82) is 0 Å². The highest BCUT2D eigenvalue weighted by molar-refractivity contribution is 5.88. The second-order valence-electron chi connectivity index (χ2n) is 5.10. The van der Waals surface area contributed by atoms with Gasteiger partial charge in [0.05, 0.1) is 11.4 Å². The number of benzene rings is 3. The predicted molar refractivity (Wildman–Crippen MR) is 97.8 cm³/mol. The number of hydrazine groups is 2. The lowest BCUT2D eigenvalue weighted by Gasteiger charge is -2.27. The Morgan fingerprint density at radius 2 is 1.04 bits per heavy atom. The molecule has 1 aliphatic rings. The molecule has 0 unspecified atom stereocenters. The van der Waals surface area contributed by atoms with Crippen LogP contribution in [0.1, 0.15) is 0 Å². The van der Waals surface area contributed by atoms with E-state index in [0.717, 1.165) is 17.1 Å². The predicted octanol–water partition coefficient (Wildman–Crippen LogP) is 0.349. The monoisotopic (exact) mass is 352 g/mol. The van der Waals surface area contributed by atoms with Gasteiger partial charge in [-0.2, -0.15) is 0 Å². The van der Waals surface area contributed by atoms with Gasteiger partial charge in [0.15, 0.2) is 0 Å². The molecule has 0 amide bonds. The lowest BCUT2D eigenvalue weighted by molar-refractivity contribution is -0.00000561. The molecule has 2 N–H and O–H groups in total. The first-order chi connectivity index (χ1) is 11.4. The molecule has 1 aliphatic heterocycles. The van der Waals surface area contributed by atoms with Gasteiger partial charge in [0, 0.05) is 17.2 Å². The van der Waals surface area contributed by atoms with Crippen molar-refractivity contribution in [3.8, 4) is 0 Å². The molecular formula is C19H17ClN4O. The molecule has 6 heteroatoms. The third-order valence-electron chi connectivity index (χ3n) is 3.58. The molecule has 0 radical (unpaired) electrons. The molecule has 0 bridgehead atoms. The highest BCUT2D eigenvalue weighted by Crippen LogP contribution is 2.30. The normalized spacial score (nSPS) is 12.2. The molecule has 25 heavy (non-hydrogen) atoms. The highest BCUT2D eigenvalue weighted by Gasteiger charge is 2.37. The number of hydrogen-bond donors (Lipinski definition) is 0. The van der Waals surface area contributed by atoms with Crippen molar-refractivity contribution in [1.82, 2.24) is 0 Å². The highest BCUT2D eigenvalue weighted by atomic mass is 35.5. The molecule has 3 aromatic rings. The number of para-hydroxylation sites is 3. The molecule has 0 fully saturated rings. The SMILES string of the molecule is O.[C+]1=NN(c2ccccc2)N(c2ccccc2)N1c1ccccc1.[Cl-]. The first-order valence-corrected chi connectivity index (χ1v) is 7.45. The number of hydrazone groups is 1. The van der Waals surface area contributed by atoms with E-state index in [1.165, 1.54) is 0 Å². The summed E-state index contributed by atoms with van der Waals surface area (Å²) in [5, 5.41) is 10.2. The standard InChI is InChI=1S/C19H15N4.ClH.H2O/c1-4-10-17(11-5-1)21-16-20-22(18-12-6-2-7-13-18)23(21)19-14-8-3-9-15-19;;/h1-15H;1H;1H2/q+1;;/p-1. The molecule has 0 saturated heterocycles. The number of halogens is 1. The Morgan fingerprint density at radius 3 is 1.56 bits per heavy atom. The second kappa shape index (κ2) is 8.13. The van der Waals surface area contributed by atoms with Gasteiger partial charge in [-0.1, -0.05) is 42.5 Å². The molecule has 0 aromatic heterocycles. The smallest absolute Gasteiger partial charge is 0.368 e. The van der Waals surface area contributed by atoms with Crippen LogP contribution in [0.3, 0.4) is 0 Å². The summed E-state index contributed by atoms with van der Waals surface area (Å²) in [5.41, 5.74) is 2.98. The van der Waals surface area contributed by atoms with Gasteiger partial charge < -0.3 is 17.9 Å². The Bertz CT molecular complexity index is 750. The maximum atomic E-state index is 4.46. The minimum absolute atomic E-state index is 0. The Morgan fingerprint density at radius 1 is 0.600 bits per heavy atom. The lowest BCUT2D eigenvalue weighted by atomic mass is 10.3. The zero-order valence-electron chi connectivity index (χ0n) is 13.3. The summed E-state index contributed by atoms with van der Waals surface area (Å²) >= 11 is 0. The van der Waals surface area contributed by atoms with Gasteiger partial charge in [0.2, 0.25) is 5.69 Å². The van der Waals surface area contributed by atoms with Crippen LogP contribution in [0.5, 0.6) is 0 Å². The topological polar surface area (TPSA) is 53.6 Å². The Labute approximate surface area is 153 Å². The average molecular weight is 353 g/mol. The van der Waals surface area contributed by atoms with Crippen molar-refractivity contribution < 1.29 is 17.9 Å². The van der Waals surface area contributed by atoms with E-state index in [9.17, 15) is 0 Å². The number of anilines is 3. The molecule has 1 heterocycles. The molecule has 0 saturated carbocycles. The quantitative estimate of drug-likeness (QED) is 0.639. The maximum absolute atomic E-state index is 4.46. The van der Waals surface area contributed by atoms with Gasteiger partial charge in [-0.25, -0.2) is 0 Å². The van der Waals surface area contributed by atoms with E-state index < -0.39 is 0 Å². The van der Waals surface area contributed by atoms with Crippen LogP contribution in [-0.2, 0) is 0 Å². The fraction of sp³-hybridized carbons (Fsp3) is 0. The summed E-state index contributed by atoms with van der Waals surface area (Å²) < 4.78 is 0.